The molecule has 0 radical (unpaired) electrons. The summed E-state index contributed by atoms with van der Waals surface area (Å²) in [6.45, 7) is 0. The van der Waals surface area contributed by atoms with Crippen LogP contribution in [0.4, 0.5) is 13.2 Å². The first-order valence-corrected chi connectivity index (χ1v) is 5.46. The van der Waals surface area contributed by atoms with Crippen LogP contribution in [-0.4, -0.2) is 9.97 Å². The molecule has 0 aliphatic heterocycles. The van der Waals surface area contributed by atoms with Gasteiger partial charge in [0.1, 0.15) is 0 Å². The zero-order valence-corrected chi connectivity index (χ0v) is 9.83. The molecule has 0 fully saturated rings. The SMILES string of the molecule is FC(F)(F)c1cccc(Cc2ccnc(Cl)n2)c1. The number of hydrogen-bond donors (Lipinski definition) is 0. The lowest BCUT2D eigenvalue weighted by molar-refractivity contribution is -0.137. The molecule has 1 aromatic heterocycles. The maximum Gasteiger partial charge on any atom is 0.416 e. The standard InChI is InChI=1S/C12H8ClF3N2/c13-11-17-5-4-10(18-11)7-8-2-1-3-9(6-8)12(14,15)16/h1-6H,7H2. The summed E-state index contributed by atoms with van der Waals surface area (Å²) in [6, 6.07) is 6.75. The van der Waals surface area contributed by atoms with E-state index in [1.165, 1.54) is 12.3 Å². The molecule has 1 heterocycles. The van der Waals surface area contributed by atoms with Gasteiger partial charge in [0.15, 0.2) is 0 Å². The first-order valence-electron chi connectivity index (χ1n) is 5.09. The molecule has 2 rings (SSSR count). The van der Waals surface area contributed by atoms with Gasteiger partial charge in [-0.1, -0.05) is 18.2 Å². The van der Waals surface area contributed by atoms with Crippen molar-refractivity contribution in [2.24, 2.45) is 0 Å². The number of nitrogens with zero attached hydrogens (tertiary/aromatic N) is 2. The molecule has 0 bridgehead atoms. The van der Waals surface area contributed by atoms with Crippen molar-refractivity contribution < 1.29 is 13.2 Å². The van der Waals surface area contributed by atoms with Gasteiger partial charge in [0.25, 0.3) is 0 Å². The molecule has 94 valence electrons. The van der Waals surface area contributed by atoms with Gasteiger partial charge in [-0.15, -0.1) is 0 Å². The van der Waals surface area contributed by atoms with Crippen LogP contribution in [0.3, 0.4) is 0 Å². The van der Waals surface area contributed by atoms with Gasteiger partial charge in [-0.3, -0.25) is 0 Å². The Morgan fingerprint density at radius 2 is 1.94 bits per heavy atom. The molecule has 2 nitrogen and oxygen atoms in total. The quantitative estimate of drug-likeness (QED) is 0.778. The molecule has 0 saturated heterocycles. The average Bonchev–Trinajstić information content (AvgIpc) is 2.28. The Hall–Kier alpha value is -1.62. The Kier molecular flexibility index (Phi) is 3.52. The van der Waals surface area contributed by atoms with Crippen LogP contribution in [0.2, 0.25) is 5.28 Å². The van der Waals surface area contributed by atoms with Crippen molar-refractivity contribution in [2.75, 3.05) is 0 Å². The smallest absolute Gasteiger partial charge is 0.227 e. The van der Waals surface area contributed by atoms with Crippen LogP contribution in [0.15, 0.2) is 36.5 Å². The first-order chi connectivity index (χ1) is 8.45. The highest BCUT2D eigenvalue weighted by Crippen LogP contribution is 2.29. The molecule has 18 heavy (non-hydrogen) atoms. The van der Waals surface area contributed by atoms with E-state index < -0.39 is 11.7 Å². The minimum absolute atomic E-state index is 0.0828. The Morgan fingerprint density at radius 3 is 2.61 bits per heavy atom. The van der Waals surface area contributed by atoms with Crippen molar-refractivity contribution in [2.45, 2.75) is 12.6 Å². The summed E-state index contributed by atoms with van der Waals surface area (Å²) in [4.78, 5) is 7.65. The molecular formula is C12H8ClF3N2. The van der Waals surface area contributed by atoms with Crippen LogP contribution < -0.4 is 0 Å². The monoisotopic (exact) mass is 272 g/mol. The maximum absolute atomic E-state index is 12.5. The van der Waals surface area contributed by atoms with Gasteiger partial charge in [-0.05, 0) is 29.3 Å². The van der Waals surface area contributed by atoms with Gasteiger partial charge in [-0.2, -0.15) is 13.2 Å². The molecule has 0 amide bonds. The topological polar surface area (TPSA) is 25.8 Å². The van der Waals surface area contributed by atoms with E-state index in [1.807, 2.05) is 0 Å². The summed E-state index contributed by atoms with van der Waals surface area (Å²) in [5.41, 5.74) is 0.439. The number of alkyl halides is 3. The zero-order valence-electron chi connectivity index (χ0n) is 9.08. The van der Waals surface area contributed by atoms with Crippen LogP contribution in [0, 0.1) is 0 Å². The number of rotatable bonds is 2. The third-order valence-electron chi connectivity index (χ3n) is 2.32. The average molecular weight is 273 g/mol. The molecule has 0 saturated carbocycles. The van der Waals surface area contributed by atoms with Gasteiger partial charge in [0.2, 0.25) is 5.28 Å². The molecule has 1 aromatic carbocycles. The van der Waals surface area contributed by atoms with Gasteiger partial charge >= 0.3 is 6.18 Å². The second-order valence-electron chi connectivity index (χ2n) is 3.69. The Balaban J connectivity index is 2.25. The van der Waals surface area contributed by atoms with Crippen molar-refractivity contribution >= 4 is 11.6 Å². The minimum Gasteiger partial charge on any atom is -0.227 e. The van der Waals surface area contributed by atoms with Crippen molar-refractivity contribution in [3.8, 4) is 0 Å². The van der Waals surface area contributed by atoms with Crippen LogP contribution in [0.1, 0.15) is 16.8 Å². The normalized spacial score (nSPS) is 11.6. The van der Waals surface area contributed by atoms with Crippen molar-refractivity contribution in [3.63, 3.8) is 0 Å². The van der Waals surface area contributed by atoms with Gasteiger partial charge in [0.05, 0.1) is 5.56 Å². The number of hydrogen-bond acceptors (Lipinski definition) is 2. The lowest BCUT2D eigenvalue weighted by Crippen LogP contribution is -2.05. The fourth-order valence-corrected chi connectivity index (χ4v) is 1.70. The summed E-state index contributed by atoms with van der Waals surface area (Å²) < 4.78 is 37.6. The van der Waals surface area contributed by atoms with E-state index in [0.29, 0.717) is 11.3 Å². The third-order valence-corrected chi connectivity index (χ3v) is 2.51. The highest BCUT2D eigenvalue weighted by atomic mass is 35.5. The number of halogens is 4. The Bertz CT molecular complexity index is 555. The molecule has 0 aliphatic rings. The van der Waals surface area contributed by atoms with Crippen LogP contribution >= 0.6 is 11.6 Å². The lowest BCUT2D eigenvalue weighted by Gasteiger charge is -2.08. The van der Waals surface area contributed by atoms with E-state index >= 15 is 0 Å². The molecule has 6 heteroatoms. The van der Waals surface area contributed by atoms with Crippen molar-refractivity contribution in [1.29, 1.82) is 0 Å². The summed E-state index contributed by atoms with van der Waals surface area (Å²) in [7, 11) is 0. The summed E-state index contributed by atoms with van der Waals surface area (Å²) in [5, 5.41) is 0.0828. The highest BCUT2D eigenvalue weighted by Gasteiger charge is 2.30. The summed E-state index contributed by atoms with van der Waals surface area (Å²) in [6.07, 6.45) is -2.58. The first kappa shape index (κ1) is 12.8. The van der Waals surface area contributed by atoms with Gasteiger partial charge in [0, 0.05) is 18.3 Å². The summed E-state index contributed by atoms with van der Waals surface area (Å²) >= 11 is 5.61. The molecule has 0 N–H and O–H groups in total. The zero-order chi connectivity index (χ0) is 13.2. The maximum atomic E-state index is 12.5. The van der Waals surface area contributed by atoms with E-state index in [9.17, 15) is 13.2 Å². The second-order valence-corrected chi connectivity index (χ2v) is 4.03. The fourth-order valence-electron chi connectivity index (χ4n) is 1.53. The number of aromatic nitrogens is 2. The van der Waals surface area contributed by atoms with Crippen molar-refractivity contribution in [1.82, 2.24) is 9.97 Å². The molecule has 2 aromatic rings. The van der Waals surface area contributed by atoms with E-state index in [0.717, 1.165) is 12.1 Å². The van der Waals surface area contributed by atoms with Crippen LogP contribution in [-0.2, 0) is 12.6 Å². The third kappa shape index (κ3) is 3.20. The predicted octanol–water partition coefficient (Wildman–Crippen LogP) is 3.74. The van der Waals surface area contributed by atoms with E-state index in [2.05, 4.69) is 9.97 Å². The highest BCUT2D eigenvalue weighted by molar-refractivity contribution is 6.28. The van der Waals surface area contributed by atoms with Crippen LogP contribution in [0.25, 0.3) is 0 Å². The fraction of sp³-hybridized carbons (Fsp3) is 0.167. The molecule has 0 atom stereocenters. The van der Waals surface area contributed by atoms with Gasteiger partial charge in [-0.25, -0.2) is 9.97 Å². The van der Waals surface area contributed by atoms with Crippen molar-refractivity contribution in [3.05, 3.63) is 58.6 Å². The number of benzene rings is 1. The Labute approximate surface area is 106 Å². The summed E-state index contributed by atoms with van der Waals surface area (Å²) in [5.74, 6) is 0. The Morgan fingerprint density at radius 1 is 1.17 bits per heavy atom. The second kappa shape index (κ2) is 4.94. The van der Waals surface area contributed by atoms with E-state index in [1.54, 1.807) is 12.1 Å². The van der Waals surface area contributed by atoms with E-state index in [4.69, 9.17) is 11.6 Å². The lowest BCUT2D eigenvalue weighted by atomic mass is 10.1. The molecule has 0 spiro atoms. The molecular weight excluding hydrogens is 265 g/mol. The molecule has 0 aliphatic carbocycles. The largest absolute Gasteiger partial charge is 0.416 e. The van der Waals surface area contributed by atoms with Crippen LogP contribution in [0.5, 0.6) is 0 Å². The van der Waals surface area contributed by atoms with E-state index in [-0.39, 0.29) is 11.7 Å². The predicted molar refractivity (Wildman–Crippen MR) is 61.3 cm³/mol. The minimum atomic E-state index is -4.33. The van der Waals surface area contributed by atoms with Gasteiger partial charge < -0.3 is 0 Å². The molecule has 0 unspecified atom stereocenters.